The fraction of sp³-hybridized carbons (Fsp3) is 0.385. The zero-order valence-corrected chi connectivity index (χ0v) is 21.2. The SMILES string of the molecule is CC.CNCCN(C)c1cc(C)c2cc(NC(=O)COC3=CCC=C(C)C=C3Cl)ccc2n1. The number of hydrogen-bond donors (Lipinski definition) is 2. The van der Waals surface area contributed by atoms with Crippen molar-refractivity contribution >= 4 is 39.9 Å². The molecular formula is C26H35ClN4O2. The molecule has 0 radical (unpaired) electrons. The van der Waals surface area contributed by atoms with Gasteiger partial charge in [-0.05, 0) is 69.3 Å². The number of aromatic nitrogens is 1. The van der Waals surface area contributed by atoms with Crippen LogP contribution in [0.2, 0.25) is 0 Å². The van der Waals surface area contributed by atoms with Crippen molar-refractivity contribution in [1.29, 1.82) is 0 Å². The number of allylic oxidation sites excluding steroid dienone is 5. The lowest BCUT2D eigenvalue weighted by molar-refractivity contribution is -0.119. The number of halogens is 1. The summed E-state index contributed by atoms with van der Waals surface area (Å²) < 4.78 is 5.64. The summed E-state index contributed by atoms with van der Waals surface area (Å²) in [5, 5.41) is 7.55. The third-order valence-electron chi connectivity index (χ3n) is 5.07. The Morgan fingerprint density at radius 2 is 1.97 bits per heavy atom. The fourth-order valence-corrected chi connectivity index (χ4v) is 3.60. The first-order valence-electron chi connectivity index (χ1n) is 11.3. The number of pyridine rings is 1. The maximum atomic E-state index is 12.4. The molecule has 0 spiro atoms. The molecule has 1 aromatic heterocycles. The second kappa shape index (κ2) is 13.0. The normalized spacial score (nSPS) is 13.1. The molecule has 0 saturated carbocycles. The van der Waals surface area contributed by atoms with Crippen molar-refractivity contribution in [2.45, 2.75) is 34.1 Å². The summed E-state index contributed by atoms with van der Waals surface area (Å²) in [5.41, 5.74) is 3.77. The van der Waals surface area contributed by atoms with Crippen LogP contribution in [0.1, 0.15) is 32.8 Å². The molecule has 1 amide bonds. The van der Waals surface area contributed by atoms with Crippen molar-refractivity contribution in [2.24, 2.45) is 0 Å². The minimum Gasteiger partial charge on any atom is -0.483 e. The number of hydrogen-bond acceptors (Lipinski definition) is 5. The summed E-state index contributed by atoms with van der Waals surface area (Å²) in [4.78, 5) is 19.3. The number of carbonyl (C=O) groups excluding carboxylic acids is 1. The fourth-order valence-electron chi connectivity index (χ4n) is 3.29. The smallest absolute Gasteiger partial charge is 0.262 e. The van der Waals surface area contributed by atoms with Crippen LogP contribution in [0, 0.1) is 6.92 Å². The Morgan fingerprint density at radius 3 is 2.70 bits per heavy atom. The number of fused-ring (bicyclic) bond motifs is 1. The highest BCUT2D eigenvalue weighted by Gasteiger charge is 2.12. The standard InChI is InChI=1S/C24H29ClN4O2.C2H6/c1-16-6-5-7-22(20(25)12-16)31-15-24(30)27-18-8-9-21-19(14-18)17(2)13-23(28-21)29(4)11-10-26-3;1-2/h6-9,12-14,26H,5,10-11,15H2,1-4H3,(H,27,30);1-2H3. The van der Waals surface area contributed by atoms with E-state index in [2.05, 4.69) is 28.5 Å². The molecular weight excluding hydrogens is 436 g/mol. The van der Waals surface area contributed by atoms with E-state index >= 15 is 0 Å². The Hall–Kier alpha value is -2.83. The lowest BCUT2D eigenvalue weighted by Crippen LogP contribution is -2.27. The highest BCUT2D eigenvalue weighted by molar-refractivity contribution is 6.32. The third-order valence-corrected chi connectivity index (χ3v) is 5.36. The lowest BCUT2D eigenvalue weighted by Gasteiger charge is -2.19. The summed E-state index contributed by atoms with van der Waals surface area (Å²) in [5.74, 6) is 1.21. The molecule has 2 aromatic rings. The van der Waals surface area contributed by atoms with Crippen LogP contribution in [0.5, 0.6) is 0 Å². The van der Waals surface area contributed by atoms with Crippen LogP contribution >= 0.6 is 11.6 Å². The molecule has 3 rings (SSSR count). The van der Waals surface area contributed by atoms with E-state index < -0.39 is 0 Å². The number of carbonyl (C=O) groups is 1. The Labute approximate surface area is 202 Å². The molecule has 1 aromatic carbocycles. The van der Waals surface area contributed by atoms with Gasteiger partial charge in [0.2, 0.25) is 0 Å². The Balaban J connectivity index is 0.00000187. The van der Waals surface area contributed by atoms with Gasteiger partial charge in [-0.15, -0.1) is 0 Å². The van der Waals surface area contributed by atoms with E-state index in [1.54, 1.807) is 0 Å². The van der Waals surface area contributed by atoms with E-state index in [4.69, 9.17) is 21.3 Å². The van der Waals surface area contributed by atoms with E-state index in [1.165, 1.54) is 0 Å². The second-order valence-electron chi connectivity index (χ2n) is 7.64. The van der Waals surface area contributed by atoms with Crippen LogP contribution in [-0.4, -0.2) is 44.7 Å². The van der Waals surface area contributed by atoms with Crippen LogP contribution in [0.25, 0.3) is 10.9 Å². The quantitative estimate of drug-likeness (QED) is 0.530. The minimum atomic E-state index is -0.243. The second-order valence-corrected chi connectivity index (χ2v) is 8.04. The van der Waals surface area contributed by atoms with Crippen molar-refractivity contribution in [3.8, 4) is 0 Å². The van der Waals surface area contributed by atoms with Gasteiger partial charge in [0.1, 0.15) is 11.6 Å². The topological polar surface area (TPSA) is 66.5 Å². The molecule has 178 valence electrons. The van der Waals surface area contributed by atoms with Crippen LogP contribution in [0.4, 0.5) is 11.5 Å². The van der Waals surface area contributed by atoms with E-state index in [1.807, 2.05) is 71.3 Å². The van der Waals surface area contributed by atoms with Crippen molar-refractivity contribution in [1.82, 2.24) is 10.3 Å². The van der Waals surface area contributed by atoms with Gasteiger partial charge >= 0.3 is 0 Å². The number of aryl methyl sites for hydroxylation is 1. The van der Waals surface area contributed by atoms with E-state index in [0.717, 1.165) is 47.4 Å². The first-order valence-corrected chi connectivity index (χ1v) is 11.7. The van der Waals surface area contributed by atoms with Gasteiger partial charge in [-0.1, -0.05) is 37.1 Å². The molecule has 1 aliphatic rings. The van der Waals surface area contributed by atoms with Gasteiger partial charge in [0.05, 0.1) is 10.5 Å². The minimum absolute atomic E-state index is 0.112. The first-order chi connectivity index (χ1) is 15.9. The first kappa shape index (κ1) is 26.4. The van der Waals surface area contributed by atoms with Gasteiger partial charge in [-0.2, -0.15) is 0 Å². The number of nitrogens with one attached hydrogen (secondary N) is 2. The number of benzene rings is 1. The molecule has 0 aliphatic heterocycles. The molecule has 6 nitrogen and oxygen atoms in total. The van der Waals surface area contributed by atoms with Crippen LogP contribution in [0.3, 0.4) is 0 Å². The van der Waals surface area contributed by atoms with Crippen LogP contribution in [0.15, 0.2) is 58.9 Å². The van der Waals surface area contributed by atoms with E-state index in [-0.39, 0.29) is 12.5 Å². The Bertz CT molecular complexity index is 1060. The maximum absolute atomic E-state index is 12.4. The number of nitrogens with zero attached hydrogens (tertiary/aromatic N) is 2. The van der Waals surface area contributed by atoms with Gasteiger partial charge < -0.3 is 20.3 Å². The summed E-state index contributed by atoms with van der Waals surface area (Å²) >= 11 is 6.25. The monoisotopic (exact) mass is 470 g/mol. The predicted octanol–water partition coefficient (Wildman–Crippen LogP) is 5.54. The Morgan fingerprint density at radius 1 is 1.21 bits per heavy atom. The molecule has 33 heavy (non-hydrogen) atoms. The maximum Gasteiger partial charge on any atom is 0.262 e. The van der Waals surface area contributed by atoms with Gasteiger partial charge in [0.25, 0.3) is 5.91 Å². The average Bonchev–Trinajstić information content (AvgIpc) is 2.97. The Kier molecular flexibility index (Phi) is 10.4. The summed E-state index contributed by atoms with van der Waals surface area (Å²) in [6.07, 6.45) is 6.48. The van der Waals surface area contributed by atoms with Crippen molar-refractivity contribution in [2.75, 3.05) is 44.0 Å². The summed E-state index contributed by atoms with van der Waals surface area (Å²) in [7, 11) is 3.97. The van der Waals surface area contributed by atoms with Crippen LogP contribution in [-0.2, 0) is 9.53 Å². The summed E-state index contributed by atoms with van der Waals surface area (Å²) in [6, 6.07) is 7.79. The molecule has 1 heterocycles. The molecule has 7 heteroatoms. The van der Waals surface area contributed by atoms with Crippen LogP contribution < -0.4 is 15.5 Å². The molecule has 0 saturated heterocycles. The molecule has 0 bridgehead atoms. The largest absolute Gasteiger partial charge is 0.483 e. The molecule has 0 atom stereocenters. The predicted molar refractivity (Wildman–Crippen MR) is 140 cm³/mol. The van der Waals surface area contributed by atoms with Crippen molar-refractivity contribution in [3.05, 3.63) is 64.4 Å². The number of rotatable bonds is 8. The lowest BCUT2D eigenvalue weighted by atomic mass is 10.1. The summed E-state index contributed by atoms with van der Waals surface area (Å²) in [6.45, 7) is 9.67. The molecule has 0 unspecified atom stereocenters. The third kappa shape index (κ3) is 7.62. The van der Waals surface area contributed by atoms with Crippen molar-refractivity contribution < 1.29 is 9.53 Å². The average molecular weight is 471 g/mol. The van der Waals surface area contributed by atoms with Crippen molar-refractivity contribution in [3.63, 3.8) is 0 Å². The number of anilines is 2. The highest BCUT2D eigenvalue weighted by atomic mass is 35.5. The number of ether oxygens (including phenoxy) is 1. The number of amides is 1. The van der Waals surface area contributed by atoms with E-state index in [0.29, 0.717) is 16.5 Å². The molecule has 0 fully saturated rings. The van der Waals surface area contributed by atoms with Gasteiger partial charge in [-0.3, -0.25) is 4.79 Å². The zero-order valence-electron chi connectivity index (χ0n) is 20.5. The van der Waals surface area contributed by atoms with Gasteiger partial charge in [0, 0.05) is 31.2 Å². The highest BCUT2D eigenvalue weighted by Crippen LogP contribution is 2.25. The van der Waals surface area contributed by atoms with E-state index in [9.17, 15) is 4.79 Å². The van der Waals surface area contributed by atoms with Gasteiger partial charge in [-0.25, -0.2) is 4.98 Å². The zero-order chi connectivity index (χ0) is 24.4. The number of likely N-dealkylation sites (N-methyl/N-ethyl adjacent to an activating group) is 2. The molecule has 1 aliphatic carbocycles. The van der Waals surface area contributed by atoms with Gasteiger partial charge in [0.15, 0.2) is 6.61 Å². The molecule has 2 N–H and O–H groups in total.